The lowest BCUT2D eigenvalue weighted by Gasteiger charge is -2.36. The lowest BCUT2D eigenvalue weighted by molar-refractivity contribution is -0.136. The Hall–Kier alpha value is -2.29. The first-order valence-corrected chi connectivity index (χ1v) is 9.52. The van der Waals surface area contributed by atoms with E-state index in [0.717, 1.165) is 25.1 Å². The number of rotatable bonds is 2. The highest BCUT2D eigenvalue weighted by molar-refractivity contribution is 6.28. The van der Waals surface area contributed by atoms with Gasteiger partial charge in [-0.3, -0.25) is 4.90 Å². The van der Waals surface area contributed by atoms with E-state index in [1.54, 1.807) is 20.8 Å². The Morgan fingerprint density at radius 3 is 2.62 bits per heavy atom. The van der Waals surface area contributed by atoms with Crippen LogP contribution in [0.3, 0.4) is 0 Å². The molecule has 2 heterocycles. The number of ether oxygens (including phenoxy) is 2. The third-order valence-electron chi connectivity index (χ3n) is 4.33. The SMILES string of the molecule is CC(C)(C)OC(=O)N1CCCCC1Oc1ccc(C(F)(F)F)c2cnc(Cl)nc12. The van der Waals surface area contributed by atoms with E-state index >= 15 is 0 Å². The minimum absolute atomic E-state index is 0.0606. The molecule has 158 valence electrons. The number of hydrogen-bond acceptors (Lipinski definition) is 5. The molecule has 0 saturated carbocycles. The molecule has 1 aliphatic heterocycles. The fourth-order valence-corrected chi connectivity index (χ4v) is 3.25. The molecule has 0 radical (unpaired) electrons. The van der Waals surface area contributed by atoms with Crippen LogP contribution in [-0.4, -0.2) is 39.3 Å². The summed E-state index contributed by atoms with van der Waals surface area (Å²) in [6.45, 7) is 5.70. The molecule has 1 saturated heterocycles. The number of aromatic nitrogens is 2. The number of likely N-dealkylation sites (tertiary alicyclic amines) is 1. The van der Waals surface area contributed by atoms with E-state index in [-0.39, 0.29) is 21.9 Å². The molecule has 29 heavy (non-hydrogen) atoms. The molecule has 1 unspecified atom stereocenters. The second-order valence-electron chi connectivity index (χ2n) is 7.75. The molecular weight excluding hydrogens is 411 g/mol. The molecule has 10 heteroatoms. The summed E-state index contributed by atoms with van der Waals surface area (Å²) >= 11 is 5.81. The normalized spacial score (nSPS) is 18.0. The van der Waals surface area contributed by atoms with Crippen molar-refractivity contribution in [2.45, 2.75) is 58.0 Å². The van der Waals surface area contributed by atoms with Crippen LogP contribution in [0.2, 0.25) is 5.28 Å². The Labute approximate surface area is 171 Å². The maximum absolute atomic E-state index is 13.3. The van der Waals surface area contributed by atoms with Crippen LogP contribution < -0.4 is 4.74 Å². The zero-order valence-electron chi connectivity index (χ0n) is 16.2. The predicted octanol–water partition coefficient (Wildman–Crippen LogP) is 5.43. The summed E-state index contributed by atoms with van der Waals surface area (Å²) in [7, 11) is 0. The molecule has 2 aromatic rings. The quantitative estimate of drug-likeness (QED) is 0.593. The lowest BCUT2D eigenvalue weighted by Crippen LogP contribution is -2.48. The van der Waals surface area contributed by atoms with Gasteiger partial charge in [-0.05, 0) is 57.3 Å². The Morgan fingerprint density at radius 1 is 1.24 bits per heavy atom. The monoisotopic (exact) mass is 431 g/mol. The van der Waals surface area contributed by atoms with Gasteiger partial charge in [-0.2, -0.15) is 13.2 Å². The molecule has 3 rings (SSSR count). The zero-order valence-corrected chi connectivity index (χ0v) is 17.0. The number of alkyl halides is 3. The molecule has 1 amide bonds. The van der Waals surface area contributed by atoms with Crippen LogP contribution in [0.15, 0.2) is 18.3 Å². The van der Waals surface area contributed by atoms with Crippen LogP contribution in [0.25, 0.3) is 10.9 Å². The molecule has 0 bridgehead atoms. The van der Waals surface area contributed by atoms with Gasteiger partial charge in [0.2, 0.25) is 5.28 Å². The first kappa shape index (κ1) is 21.4. The largest absolute Gasteiger partial charge is 0.468 e. The molecule has 0 aliphatic carbocycles. The number of nitrogens with zero attached hydrogens (tertiary/aromatic N) is 3. The Bertz CT molecular complexity index is 915. The molecule has 1 aromatic carbocycles. The molecule has 1 aromatic heterocycles. The maximum atomic E-state index is 13.3. The van der Waals surface area contributed by atoms with Crippen LogP contribution >= 0.6 is 11.6 Å². The van der Waals surface area contributed by atoms with Crippen molar-refractivity contribution in [3.63, 3.8) is 0 Å². The first-order valence-electron chi connectivity index (χ1n) is 9.14. The van der Waals surface area contributed by atoms with Crippen LogP contribution in [0, 0.1) is 0 Å². The fraction of sp³-hybridized carbons (Fsp3) is 0.526. The van der Waals surface area contributed by atoms with Crippen molar-refractivity contribution in [3.05, 3.63) is 29.2 Å². The zero-order chi connectivity index (χ0) is 21.4. The smallest absolute Gasteiger partial charge is 0.417 e. The summed E-state index contributed by atoms with van der Waals surface area (Å²) in [6.07, 6.45) is -2.69. The summed E-state index contributed by atoms with van der Waals surface area (Å²) in [5.41, 5.74) is -1.63. The van der Waals surface area contributed by atoms with Crippen LogP contribution in [-0.2, 0) is 10.9 Å². The van der Waals surface area contributed by atoms with Gasteiger partial charge in [0.05, 0.1) is 5.56 Å². The predicted molar refractivity (Wildman–Crippen MR) is 101 cm³/mol. The molecular formula is C19H21ClF3N3O3. The minimum Gasteiger partial charge on any atom is -0.468 e. The molecule has 1 aliphatic rings. The molecule has 0 N–H and O–H groups in total. The van der Waals surface area contributed by atoms with Gasteiger partial charge >= 0.3 is 12.3 Å². The van der Waals surface area contributed by atoms with E-state index in [9.17, 15) is 18.0 Å². The number of fused-ring (bicyclic) bond motifs is 1. The summed E-state index contributed by atoms with van der Waals surface area (Å²) < 4.78 is 51.4. The number of amides is 1. The van der Waals surface area contributed by atoms with Crippen LogP contribution in [0.1, 0.15) is 45.6 Å². The Morgan fingerprint density at radius 2 is 1.97 bits per heavy atom. The van der Waals surface area contributed by atoms with E-state index in [2.05, 4.69) is 9.97 Å². The average Bonchev–Trinajstić information content (AvgIpc) is 2.60. The number of piperidine rings is 1. The summed E-state index contributed by atoms with van der Waals surface area (Å²) in [5.74, 6) is 0.0951. The van der Waals surface area contributed by atoms with Crippen molar-refractivity contribution in [3.8, 4) is 5.75 Å². The highest BCUT2D eigenvalue weighted by Crippen LogP contribution is 2.38. The van der Waals surface area contributed by atoms with E-state index in [4.69, 9.17) is 21.1 Å². The van der Waals surface area contributed by atoms with Gasteiger partial charge < -0.3 is 9.47 Å². The molecule has 1 fully saturated rings. The number of carbonyl (C=O) groups excluding carboxylic acids is 1. The highest BCUT2D eigenvalue weighted by Gasteiger charge is 2.35. The van der Waals surface area contributed by atoms with E-state index in [1.807, 2.05) is 0 Å². The third-order valence-corrected chi connectivity index (χ3v) is 4.51. The van der Waals surface area contributed by atoms with Gasteiger partial charge in [0.15, 0.2) is 6.23 Å². The number of benzene rings is 1. The van der Waals surface area contributed by atoms with Crippen molar-refractivity contribution in [1.29, 1.82) is 0 Å². The van der Waals surface area contributed by atoms with Crippen molar-refractivity contribution in [1.82, 2.24) is 14.9 Å². The van der Waals surface area contributed by atoms with Gasteiger partial charge in [0.1, 0.15) is 16.9 Å². The van der Waals surface area contributed by atoms with Gasteiger partial charge in [0.25, 0.3) is 0 Å². The number of carbonyl (C=O) groups is 1. The van der Waals surface area contributed by atoms with Crippen molar-refractivity contribution in [2.75, 3.05) is 6.54 Å². The average molecular weight is 432 g/mol. The molecule has 6 nitrogen and oxygen atoms in total. The number of hydrogen-bond donors (Lipinski definition) is 0. The second kappa shape index (κ2) is 7.85. The molecule has 0 spiro atoms. The first-order chi connectivity index (χ1) is 13.5. The lowest BCUT2D eigenvalue weighted by atomic mass is 10.1. The van der Waals surface area contributed by atoms with E-state index in [0.29, 0.717) is 13.0 Å². The van der Waals surface area contributed by atoms with Gasteiger partial charge in [-0.1, -0.05) is 0 Å². The van der Waals surface area contributed by atoms with Crippen molar-refractivity contribution >= 4 is 28.6 Å². The fourth-order valence-electron chi connectivity index (χ4n) is 3.11. The van der Waals surface area contributed by atoms with E-state index < -0.39 is 29.7 Å². The van der Waals surface area contributed by atoms with Gasteiger partial charge in [-0.25, -0.2) is 14.8 Å². The Kier molecular flexibility index (Phi) is 5.80. The Balaban J connectivity index is 1.96. The van der Waals surface area contributed by atoms with Crippen molar-refractivity contribution < 1.29 is 27.4 Å². The summed E-state index contributed by atoms with van der Waals surface area (Å²) in [5, 5.41) is -0.423. The topological polar surface area (TPSA) is 64.5 Å². The highest BCUT2D eigenvalue weighted by atomic mass is 35.5. The van der Waals surface area contributed by atoms with Gasteiger partial charge in [-0.15, -0.1) is 0 Å². The molecule has 1 atom stereocenters. The third kappa shape index (κ3) is 5.01. The summed E-state index contributed by atoms with van der Waals surface area (Å²) in [6, 6.07) is 2.10. The maximum Gasteiger partial charge on any atom is 0.417 e. The van der Waals surface area contributed by atoms with Crippen LogP contribution in [0.4, 0.5) is 18.0 Å². The van der Waals surface area contributed by atoms with Crippen LogP contribution in [0.5, 0.6) is 5.75 Å². The second-order valence-corrected chi connectivity index (χ2v) is 8.09. The van der Waals surface area contributed by atoms with Gasteiger partial charge in [0, 0.05) is 24.5 Å². The standard InChI is InChI=1S/C19H21ClF3N3O3/c1-18(2,3)29-17(27)26-9-5-4-6-14(26)28-13-8-7-12(19(21,22)23)11-10-24-16(20)25-15(11)13/h7-8,10,14H,4-6,9H2,1-3H3. The summed E-state index contributed by atoms with van der Waals surface area (Å²) in [4.78, 5) is 21.6. The van der Waals surface area contributed by atoms with Crippen molar-refractivity contribution in [2.24, 2.45) is 0 Å². The number of halogens is 4. The van der Waals surface area contributed by atoms with E-state index in [1.165, 1.54) is 11.0 Å². The minimum atomic E-state index is -4.58.